The van der Waals surface area contributed by atoms with Crippen LogP contribution in [0, 0.1) is 0 Å². The van der Waals surface area contributed by atoms with Crippen LogP contribution in [0.25, 0.3) is 6.08 Å². The van der Waals surface area contributed by atoms with E-state index < -0.39 is 5.97 Å². The van der Waals surface area contributed by atoms with Crippen LogP contribution in [0.3, 0.4) is 0 Å². The Morgan fingerprint density at radius 2 is 1.88 bits per heavy atom. The highest BCUT2D eigenvalue weighted by Gasteiger charge is 2.33. The minimum absolute atomic E-state index is 0.00445. The summed E-state index contributed by atoms with van der Waals surface area (Å²) in [6.07, 6.45) is 1.80. The van der Waals surface area contributed by atoms with E-state index in [0.717, 1.165) is 5.56 Å². The SMILES string of the molecule is CC(C)c1ccc(/C=C2/SC(=S)N(c3cccc(C(=O)[O-])c3)C2=O)cc1. The van der Waals surface area contributed by atoms with E-state index in [0.29, 0.717) is 20.8 Å². The number of carboxylic acids is 1. The molecule has 1 aliphatic heterocycles. The van der Waals surface area contributed by atoms with Gasteiger partial charge >= 0.3 is 0 Å². The predicted octanol–water partition coefficient (Wildman–Crippen LogP) is 3.58. The average molecular weight is 382 g/mol. The third-order valence-corrected chi connectivity index (χ3v) is 5.34. The summed E-state index contributed by atoms with van der Waals surface area (Å²) < 4.78 is 0.371. The fraction of sp³-hybridized carbons (Fsp3) is 0.150. The molecule has 0 aromatic heterocycles. The number of benzene rings is 2. The van der Waals surface area contributed by atoms with E-state index in [2.05, 4.69) is 13.8 Å². The van der Waals surface area contributed by atoms with Crippen LogP contribution < -0.4 is 10.0 Å². The number of carbonyl (C=O) groups is 2. The Kier molecular flexibility index (Phi) is 5.25. The van der Waals surface area contributed by atoms with E-state index in [1.54, 1.807) is 18.2 Å². The molecular weight excluding hydrogens is 366 g/mol. The molecule has 26 heavy (non-hydrogen) atoms. The van der Waals surface area contributed by atoms with Crippen molar-refractivity contribution in [2.45, 2.75) is 19.8 Å². The van der Waals surface area contributed by atoms with E-state index in [4.69, 9.17) is 12.2 Å². The first-order chi connectivity index (χ1) is 12.4. The third kappa shape index (κ3) is 3.71. The maximum atomic E-state index is 12.8. The van der Waals surface area contributed by atoms with Crippen molar-refractivity contribution < 1.29 is 14.7 Å². The van der Waals surface area contributed by atoms with Gasteiger partial charge in [-0.05, 0) is 40.8 Å². The van der Waals surface area contributed by atoms with Crippen molar-refractivity contribution in [3.63, 3.8) is 0 Å². The number of hydrogen-bond acceptors (Lipinski definition) is 5. The summed E-state index contributed by atoms with van der Waals surface area (Å²) in [7, 11) is 0. The molecule has 3 rings (SSSR count). The largest absolute Gasteiger partial charge is 0.545 e. The van der Waals surface area contributed by atoms with Crippen molar-refractivity contribution in [2.24, 2.45) is 0 Å². The lowest BCUT2D eigenvalue weighted by Crippen LogP contribution is -2.28. The zero-order valence-corrected chi connectivity index (χ0v) is 15.9. The number of hydrogen-bond donors (Lipinski definition) is 0. The molecule has 0 bridgehead atoms. The molecule has 1 fully saturated rings. The molecule has 0 atom stereocenters. The third-order valence-electron chi connectivity index (χ3n) is 4.03. The first kappa shape index (κ1) is 18.4. The summed E-state index contributed by atoms with van der Waals surface area (Å²) in [5.41, 5.74) is 2.57. The number of rotatable bonds is 4. The highest BCUT2D eigenvalue weighted by atomic mass is 32.2. The van der Waals surface area contributed by atoms with Crippen molar-refractivity contribution in [2.75, 3.05) is 4.90 Å². The number of carbonyl (C=O) groups excluding carboxylic acids is 2. The first-order valence-corrected chi connectivity index (χ1v) is 9.28. The molecular formula is C20H16NO3S2-. The minimum atomic E-state index is -1.29. The van der Waals surface area contributed by atoms with Crippen LogP contribution in [0.2, 0.25) is 0 Å². The Balaban J connectivity index is 1.89. The van der Waals surface area contributed by atoms with Crippen LogP contribution in [-0.2, 0) is 4.79 Å². The van der Waals surface area contributed by atoms with Crippen LogP contribution in [0.1, 0.15) is 41.3 Å². The minimum Gasteiger partial charge on any atom is -0.545 e. The van der Waals surface area contributed by atoms with Crippen LogP contribution in [-0.4, -0.2) is 16.2 Å². The highest BCUT2D eigenvalue weighted by Crippen LogP contribution is 2.36. The predicted molar refractivity (Wildman–Crippen MR) is 107 cm³/mol. The second-order valence-electron chi connectivity index (χ2n) is 6.18. The molecule has 2 aromatic carbocycles. The molecule has 0 radical (unpaired) electrons. The molecule has 0 unspecified atom stereocenters. The number of anilines is 1. The summed E-state index contributed by atoms with van der Waals surface area (Å²) in [6.45, 7) is 4.25. The van der Waals surface area contributed by atoms with Crippen LogP contribution in [0.5, 0.6) is 0 Å². The smallest absolute Gasteiger partial charge is 0.270 e. The molecule has 132 valence electrons. The highest BCUT2D eigenvalue weighted by molar-refractivity contribution is 8.27. The van der Waals surface area contributed by atoms with E-state index in [9.17, 15) is 14.7 Å². The second kappa shape index (κ2) is 7.43. The van der Waals surface area contributed by atoms with Gasteiger partial charge in [-0.25, -0.2) is 0 Å². The maximum absolute atomic E-state index is 12.8. The van der Waals surface area contributed by atoms with Gasteiger partial charge in [0.1, 0.15) is 0 Å². The van der Waals surface area contributed by atoms with Crippen molar-refractivity contribution in [1.82, 2.24) is 0 Å². The molecule has 2 aromatic rings. The number of aromatic carboxylic acids is 1. The molecule has 1 aliphatic rings. The molecule has 6 heteroatoms. The normalized spacial score (nSPS) is 16.0. The number of amides is 1. The van der Waals surface area contributed by atoms with E-state index in [1.165, 1.54) is 34.4 Å². The molecule has 0 aliphatic carbocycles. The van der Waals surface area contributed by atoms with Gasteiger partial charge in [0.2, 0.25) is 0 Å². The van der Waals surface area contributed by atoms with Crippen molar-refractivity contribution in [1.29, 1.82) is 0 Å². The van der Waals surface area contributed by atoms with Gasteiger partial charge in [-0.15, -0.1) is 0 Å². The maximum Gasteiger partial charge on any atom is 0.270 e. The van der Waals surface area contributed by atoms with E-state index >= 15 is 0 Å². The number of nitrogens with zero attached hydrogens (tertiary/aromatic N) is 1. The summed E-state index contributed by atoms with van der Waals surface area (Å²) in [5, 5.41) is 11.0. The lowest BCUT2D eigenvalue weighted by molar-refractivity contribution is -0.255. The van der Waals surface area contributed by atoms with Gasteiger partial charge < -0.3 is 9.90 Å². The standard InChI is InChI=1S/C20H17NO3S2/c1-12(2)14-8-6-13(7-9-14)10-17-18(22)21(20(25)26-17)16-5-3-4-15(11-16)19(23)24/h3-12H,1-2H3,(H,23,24)/p-1/b17-10+. The fourth-order valence-electron chi connectivity index (χ4n) is 2.59. The Bertz CT molecular complexity index is 917. The van der Waals surface area contributed by atoms with Gasteiger partial charge in [-0.3, -0.25) is 9.69 Å². The van der Waals surface area contributed by atoms with Crippen molar-refractivity contribution >= 4 is 51.9 Å². The fourth-order valence-corrected chi connectivity index (χ4v) is 3.89. The summed E-state index contributed by atoms with van der Waals surface area (Å²) in [5.74, 6) is -1.11. The topological polar surface area (TPSA) is 60.4 Å². The number of thiocarbonyl (C=S) groups is 1. The molecule has 1 heterocycles. The molecule has 0 N–H and O–H groups in total. The Morgan fingerprint density at radius 3 is 2.50 bits per heavy atom. The average Bonchev–Trinajstić information content (AvgIpc) is 2.89. The monoisotopic (exact) mass is 382 g/mol. The number of thioether (sulfide) groups is 1. The van der Waals surface area contributed by atoms with E-state index in [1.807, 2.05) is 24.3 Å². The van der Waals surface area contributed by atoms with Gasteiger partial charge in [0.05, 0.1) is 16.6 Å². The summed E-state index contributed by atoms with van der Waals surface area (Å²) >= 11 is 6.52. The van der Waals surface area contributed by atoms with Gasteiger partial charge in [0.25, 0.3) is 5.91 Å². The van der Waals surface area contributed by atoms with Crippen molar-refractivity contribution in [3.8, 4) is 0 Å². The molecule has 0 saturated carbocycles. The number of carboxylic acid groups (broad SMARTS) is 1. The second-order valence-corrected chi connectivity index (χ2v) is 7.85. The van der Waals surface area contributed by atoms with Crippen LogP contribution in [0.4, 0.5) is 5.69 Å². The van der Waals surface area contributed by atoms with E-state index in [-0.39, 0.29) is 11.5 Å². The molecule has 4 nitrogen and oxygen atoms in total. The molecule has 1 amide bonds. The van der Waals surface area contributed by atoms with Gasteiger partial charge in [0.15, 0.2) is 4.32 Å². The summed E-state index contributed by atoms with van der Waals surface area (Å²) in [6, 6.07) is 14.0. The molecule has 0 spiro atoms. The Hall–Kier alpha value is -2.44. The first-order valence-electron chi connectivity index (χ1n) is 8.06. The zero-order valence-electron chi connectivity index (χ0n) is 14.3. The lowest BCUT2D eigenvalue weighted by Gasteiger charge is -2.15. The van der Waals surface area contributed by atoms with Gasteiger partial charge in [-0.2, -0.15) is 0 Å². The molecule has 1 saturated heterocycles. The Labute approximate surface area is 161 Å². The van der Waals surface area contributed by atoms with Gasteiger partial charge in [-0.1, -0.05) is 74.2 Å². The quantitative estimate of drug-likeness (QED) is 0.597. The zero-order chi connectivity index (χ0) is 18.8. The van der Waals surface area contributed by atoms with Crippen LogP contribution >= 0.6 is 24.0 Å². The van der Waals surface area contributed by atoms with Crippen LogP contribution in [0.15, 0.2) is 53.4 Å². The Morgan fingerprint density at radius 1 is 1.19 bits per heavy atom. The van der Waals surface area contributed by atoms with Gasteiger partial charge in [0, 0.05) is 0 Å². The summed E-state index contributed by atoms with van der Waals surface area (Å²) in [4.78, 5) is 25.7. The van der Waals surface area contributed by atoms with Crippen molar-refractivity contribution in [3.05, 3.63) is 70.1 Å². The lowest BCUT2D eigenvalue weighted by atomic mass is 10.0.